The Labute approximate surface area is 114 Å². The summed E-state index contributed by atoms with van der Waals surface area (Å²) in [7, 11) is 4.10. The van der Waals surface area contributed by atoms with Crippen molar-refractivity contribution in [2.24, 2.45) is 13.0 Å². The summed E-state index contributed by atoms with van der Waals surface area (Å²) < 4.78 is 2.01. The predicted octanol–water partition coefficient (Wildman–Crippen LogP) is 2.46. The first-order chi connectivity index (χ1) is 8.74. The molecule has 1 aromatic heterocycles. The van der Waals surface area contributed by atoms with E-state index in [0.29, 0.717) is 11.3 Å². The summed E-state index contributed by atoms with van der Waals surface area (Å²) in [4.78, 5) is 0. The molecule has 1 heterocycles. The molecule has 5 heteroatoms. The molecule has 102 valence electrons. The molecule has 0 spiro atoms. The van der Waals surface area contributed by atoms with Crippen molar-refractivity contribution in [2.45, 2.75) is 55.5 Å². The fraction of sp³-hybridized carbons (Fsp3) is 0.846. The Morgan fingerprint density at radius 3 is 2.94 bits per heavy atom. The summed E-state index contributed by atoms with van der Waals surface area (Å²) in [5.41, 5.74) is 0. The van der Waals surface area contributed by atoms with E-state index in [1.807, 2.05) is 23.4 Å². The monoisotopic (exact) mass is 268 g/mol. The van der Waals surface area contributed by atoms with Crippen molar-refractivity contribution in [3.05, 3.63) is 6.33 Å². The van der Waals surface area contributed by atoms with Crippen LogP contribution in [-0.2, 0) is 7.05 Å². The number of thioether (sulfide) groups is 1. The van der Waals surface area contributed by atoms with Gasteiger partial charge in [0.2, 0.25) is 0 Å². The van der Waals surface area contributed by atoms with Crippen LogP contribution in [0.25, 0.3) is 0 Å². The highest BCUT2D eigenvalue weighted by Gasteiger charge is 2.30. The van der Waals surface area contributed by atoms with Gasteiger partial charge in [0.25, 0.3) is 0 Å². The number of nitrogens with zero attached hydrogens (tertiary/aromatic N) is 3. The van der Waals surface area contributed by atoms with E-state index in [-0.39, 0.29) is 0 Å². The van der Waals surface area contributed by atoms with Gasteiger partial charge in [-0.05, 0) is 32.2 Å². The third kappa shape index (κ3) is 3.26. The maximum atomic E-state index is 4.20. The van der Waals surface area contributed by atoms with Crippen LogP contribution in [-0.4, -0.2) is 33.1 Å². The average molecular weight is 268 g/mol. The Bertz CT molecular complexity index is 366. The lowest BCUT2D eigenvalue weighted by molar-refractivity contribution is 0.295. The molecule has 1 saturated carbocycles. The van der Waals surface area contributed by atoms with Crippen LogP contribution in [0, 0.1) is 5.92 Å². The Morgan fingerprint density at radius 1 is 1.50 bits per heavy atom. The van der Waals surface area contributed by atoms with Gasteiger partial charge in [-0.15, -0.1) is 10.2 Å². The smallest absolute Gasteiger partial charge is 0.191 e. The fourth-order valence-electron chi connectivity index (χ4n) is 2.86. The molecule has 2 rings (SSSR count). The molecular formula is C13H24N4S. The maximum Gasteiger partial charge on any atom is 0.191 e. The lowest BCUT2D eigenvalue weighted by Crippen LogP contribution is -2.40. The van der Waals surface area contributed by atoms with Gasteiger partial charge in [-0.2, -0.15) is 0 Å². The third-order valence-corrected chi connectivity index (χ3v) is 5.30. The number of aromatic nitrogens is 3. The minimum atomic E-state index is 0.611. The highest BCUT2D eigenvalue weighted by atomic mass is 32.2. The summed E-state index contributed by atoms with van der Waals surface area (Å²) in [5.74, 6) is 0.894. The molecule has 1 aliphatic carbocycles. The predicted molar refractivity (Wildman–Crippen MR) is 75.7 cm³/mol. The van der Waals surface area contributed by atoms with Crippen LogP contribution < -0.4 is 5.32 Å². The van der Waals surface area contributed by atoms with Crippen molar-refractivity contribution in [3.63, 3.8) is 0 Å². The van der Waals surface area contributed by atoms with Crippen molar-refractivity contribution >= 4 is 11.8 Å². The van der Waals surface area contributed by atoms with E-state index in [4.69, 9.17) is 0 Å². The van der Waals surface area contributed by atoms with Crippen molar-refractivity contribution < 1.29 is 0 Å². The summed E-state index contributed by atoms with van der Waals surface area (Å²) in [6.45, 7) is 2.29. The summed E-state index contributed by atoms with van der Waals surface area (Å²) in [6, 6.07) is 0.611. The maximum absolute atomic E-state index is 4.20. The first-order valence-corrected chi connectivity index (χ1v) is 7.80. The second-order valence-corrected chi connectivity index (χ2v) is 6.45. The molecule has 1 aromatic rings. The molecule has 0 saturated heterocycles. The largest absolute Gasteiger partial charge is 0.316 e. The van der Waals surface area contributed by atoms with E-state index in [1.54, 1.807) is 6.33 Å². The molecule has 0 bridgehead atoms. The zero-order valence-corrected chi connectivity index (χ0v) is 12.4. The lowest BCUT2D eigenvalue weighted by Gasteiger charge is -2.35. The normalized spacial score (nSPS) is 28.5. The highest BCUT2D eigenvalue weighted by Crippen LogP contribution is 2.37. The van der Waals surface area contributed by atoms with E-state index in [1.165, 1.54) is 32.1 Å². The van der Waals surface area contributed by atoms with Crippen molar-refractivity contribution in [2.75, 3.05) is 7.05 Å². The van der Waals surface area contributed by atoms with Crippen molar-refractivity contribution in [1.82, 2.24) is 20.1 Å². The van der Waals surface area contributed by atoms with Gasteiger partial charge < -0.3 is 9.88 Å². The summed E-state index contributed by atoms with van der Waals surface area (Å²) in [6.07, 6.45) is 8.41. The van der Waals surface area contributed by atoms with E-state index in [2.05, 4.69) is 29.5 Å². The quantitative estimate of drug-likeness (QED) is 0.891. The van der Waals surface area contributed by atoms with Crippen LogP contribution in [0.1, 0.15) is 39.0 Å². The second kappa shape index (κ2) is 6.57. The van der Waals surface area contributed by atoms with E-state index < -0.39 is 0 Å². The van der Waals surface area contributed by atoms with Gasteiger partial charge >= 0.3 is 0 Å². The van der Waals surface area contributed by atoms with E-state index in [0.717, 1.165) is 11.1 Å². The van der Waals surface area contributed by atoms with Gasteiger partial charge in [-0.25, -0.2) is 0 Å². The van der Waals surface area contributed by atoms with Gasteiger partial charge in [-0.1, -0.05) is 31.5 Å². The van der Waals surface area contributed by atoms with Crippen molar-refractivity contribution in [3.8, 4) is 0 Å². The standard InChI is InChI=1S/C13H24N4S/c1-4-5-10-6-7-11(14-2)12(8-10)18-13-16-15-9-17(13)3/h9-12,14H,4-8H2,1-3H3. The zero-order chi connectivity index (χ0) is 13.0. The topological polar surface area (TPSA) is 42.7 Å². The molecule has 1 fully saturated rings. The van der Waals surface area contributed by atoms with Gasteiger partial charge in [-0.3, -0.25) is 0 Å². The second-order valence-electron chi connectivity index (χ2n) is 5.24. The number of hydrogen-bond acceptors (Lipinski definition) is 4. The molecular weight excluding hydrogens is 244 g/mol. The molecule has 0 aromatic carbocycles. The molecule has 1 aliphatic rings. The average Bonchev–Trinajstić information content (AvgIpc) is 2.76. The number of aryl methyl sites for hydroxylation is 1. The zero-order valence-electron chi connectivity index (χ0n) is 11.6. The molecule has 18 heavy (non-hydrogen) atoms. The van der Waals surface area contributed by atoms with Gasteiger partial charge in [0.15, 0.2) is 5.16 Å². The number of hydrogen-bond donors (Lipinski definition) is 1. The van der Waals surface area contributed by atoms with E-state index >= 15 is 0 Å². The SMILES string of the molecule is CCCC1CCC(NC)C(Sc2nncn2C)C1. The van der Waals surface area contributed by atoms with Gasteiger partial charge in [0.05, 0.1) is 0 Å². The molecule has 3 atom stereocenters. The van der Waals surface area contributed by atoms with Gasteiger partial charge in [0, 0.05) is 18.3 Å². The molecule has 4 nitrogen and oxygen atoms in total. The Balaban J connectivity index is 2.00. The molecule has 1 N–H and O–H groups in total. The summed E-state index contributed by atoms with van der Waals surface area (Å²) >= 11 is 1.89. The number of rotatable bonds is 5. The Morgan fingerprint density at radius 2 is 2.33 bits per heavy atom. The first-order valence-electron chi connectivity index (χ1n) is 6.92. The Kier molecular flexibility index (Phi) is 5.06. The van der Waals surface area contributed by atoms with Crippen LogP contribution in [0.2, 0.25) is 0 Å². The first kappa shape index (κ1) is 13.9. The van der Waals surface area contributed by atoms with Gasteiger partial charge in [0.1, 0.15) is 6.33 Å². The third-order valence-electron chi connectivity index (χ3n) is 3.89. The molecule has 0 amide bonds. The minimum Gasteiger partial charge on any atom is -0.316 e. The molecule has 3 unspecified atom stereocenters. The minimum absolute atomic E-state index is 0.611. The van der Waals surface area contributed by atoms with Crippen LogP contribution >= 0.6 is 11.8 Å². The highest BCUT2D eigenvalue weighted by molar-refractivity contribution is 7.99. The lowest BCUT2D eigenvalue weighted by atomic mass is 9.83. The Hall–Kier alpha value is -0.550. The number of nitrogens with one attached hydrogen (secondary N) is 1. The van der Waals surface area contributed by atoms with Crippen LogP contribution in [0.4, 0.5) is 0 Å². The van der Waals surface area contributed by atoms with Crippen LogP contribution in [0.3, 0.4) is 0 Å². The molecule has 0 aliphatic heterocycles. The van der Waals surface area contributed by atoms with E-state index in [9.17, 15) is 0 Å². The fourth-order valence-corrected chi connectivity index (χ4v) is 4.24. The molecule has 0 radical (unpaired) electrons. The summed E-state index contributed by atoms with van der Waals surface area (Å²) in [5, 5.41) is 13.3. The van der Waals surface area contributed by atoms with Crippen molar-refractivity contribution in [1.29, 1.82) is 0 Å². The van der Waals surface area contributed by atoms with Crippen LogP contribution in [0.5, 0.6) is 0 Å². The van der Waals surface area contributed by atoms with Crippen LogP contribution in [0.15, 0.2) is 11.5 Å².